The number of carbonyl (C=O) groups excluding carboxylic acids is 2. The van der Waals surface area contributed by atoms with Crippen LogP contribution in [0.15, 0.2) is 30.3 Å². The lowest BCUT2D eigenvalue weighted by Crippen LogP contribution is -2.48. The second kappa shape index (κ2) is 12.1. The molecule has 3 rings (SSSR count). The molecule has 0 bridgehead atoms. The quantitative estimate of drug-likeness (QED) is 0.509. The Balaban J connectivity index is 1.76. The molecule has 0 aliphatic heterocycles. The molecule has 1 saturated carbocycles. The van der Waals surface area contributed by atoms with E-state index in [4.69, 9.17) is 9.84 Å². The minimum Gasteiger partial charge on any atom is -0.497 e. The van der Waals surface area contributed by atoms with Crippen LogP contribution in [0.25, 0.3) is 5.69 Å². The molecule has 0 radical (unpaired) electrons. The van der Waals surface area contributed by atoms with E-state index < -0.39 is 0 Å². The molecule has 2 N–H and O–H groups in total. The van der Waals surface area contributed by atoms with Crippen molar-refractivity contribution < 1.29 is 14.3 Å². The molecule has 1 heterocycles. The van der Waals surface area contributed by atoms with Crippen molar-refractivity contribution in [3.63, 3.8) is 0 Å². The molecule has 192 valence electrons. The van der Waals surface area contributed by atoms with Gasteiger partial charge in [0.25, 0.3) is 0 Å². The molecule has 8 heteroatoms. The van der Waals surface area contributed by atoms with Crippen LogP contribution in [-0.2, 0) is 10.2 Å². The zero-order valence-corrected chi connectivity index (χ0v) is 21.9. The summed E-state index contributed by atoms with van der Waals surface area (Å²) in [5.41, 5.74) is 1.49. The van der Waals surface area contributed by atoms with Crippen molar-refractivity contribution >= 4 is 17.8 Å². The van der Waals surface area contributed by atoms with E-state index in [1.54, 1.807) is 16.7 Å². The molecule has 1 aromatic carbocycles. The van der Waals surface area contributed by atoms with E-state index >= 15 is 0 Å². The smallest absolute Gasteiger partial charge is 0.318 e. The number of benzene rings is 1. The Morgan fingerprint density at radius 3 is 2.43 bits per heavy atom. The molecule has 1 fully saturated rings. The van der Waals surface area contributed by atoms with Crippen molar-refractivity contribution in [3.8, 4) is 11.4 Å². The number of aromatic nitrogens is 2. The van der Waals surface area contributed by atoms with Gasteiger partial charge in [-0.2, -0.15) is 5.10 Å². The number of hydrogen-bond acceptors (Lipinski definition) is 4. The summed E-state index contributed by atoms with van der Waals surface area (Å²) in [5, 5.41) is 10.9. The third-order valence-electron chi connectivity index (χ3n) is 6.40. The Morgan fingerprint density at radius 1 is 1.14 bits per heavy atom. The van der Waals surface area contributed by atoms with Crippen LogP contribution in [0.1, 0.15) is 78.3 Å². The Morgan fingerprint density at radius 2 is 1.83 bits per heavy atom. The number of ether oxygens (including phenoxy) is 1. The van der Waals surface area contributed by atoms with Crippen LogP contribution in [0.2, 0.25) is 0 Å². The highest BCUT2D eigenvalue weighted by Crippen LogP contribution is 2.27. The highest BCUT2D eigenvalue weighted by Gasteiger charge is 2.24. The summed E-state index contributed by atoms with van der Waals surface area (Å²) in [5.74, 6) is 1.08. The fourth-order valence-corrected chi connectivity index (χ4v) is 4.23. The van der Waals surface area contributed by atoms with Gasteiger partial charge in [-0.1, -0.05) is 53.4 Å². The van der Waals surface area contributed by atoms with Gasteiger partial charge >= 0.3 is 6.03 Å². The lowest BCUT2D eigenvalue weighted by molar-refractivity contribution is -0.116. The molecule has 1 aromatic heterocycles. The molecular formula is C27H41N5O3. The van der Waals surface area contributed by atoms with Crippen molar-refractivity contribution in [1.82, 2.24) is 20.0 Å². The number of urea groups is 1. The van der Waals surface area contributed by atoms with Gasteiger partial charge in [-0.3, -0.25) is 4.79 Å². The predicted molar refractivity (Wildman–Crippen MR) is 139 cm³/mol. The lowest BCUT2D eigenvalue weighted by atomic mass is 9.92. The van der Waals surface area contributed by atoms with E-state index in [-0.39, 0.29) is 29.9 Å². The van der Waals surface area contributed by atoms with Crippen LogP contribution >= 0.6 is 0 Å². The molecule has 0 atom stereocenters. The Labute approximate surface area is 209 Å². The largest absolute Gasteiger partial charge is 0.497 e. The van der Waals surface area contributed by atoms with Crippen molar-refractivity contribution in [1.29, 1.82) is 0 Å². The second-order valence-electron chi connectivity index (χ2n) is 10.4. The number of carbonyl (C=O) groups is 2. The zero-order chi connectivity index (χ0) is 25.4. The minimum absolute atomic E-state index is 0.00278. The van der Waals surface area contributed by atoms with Crippen LogP contribution in [0.4, 0.5) is 10.6 Å². The number of amides is 3. The first kappa shape index (κ1) is 26.6. The fraction of sp³-hybridized carbons (Fsp3) is 0.593. The van der Waals surface area contributed by atoms with Crippen LogP contribution < -0.4 is 15.4 Å². The SMILES string of the molecule is CCCCN(CC(=O)Nc1cc(C(C)(C)C)nn1-c1ccc(OC)cc1)C(=O)NC1CCCCC1. The number of nitrogens with one attached hydrogen (secondary N) is 2. The normalized spacial score (nSPS) is 14.4. The van der Waals surface area contributed by atoms with Crippen molar-refractivity contribution in [2.24, 2.45) is 0 Å². The van der Waals surface area contributed by atoms with Gasteiger partial charge in [-0.15, -0.1) is 0 Å². The van der Waals surface area contributed by atoms with E-state index in [1.807, 2.05) is 30.3 Å². The van der Waals surface area contributed by atoms with Gasteiger partial charge in [-0.05, 0) is 43.5 Å². The van der Waals surface area contributed by atoms with Gasteiger partial charge in [0, 0.05) is 24.1 Å². The molecule has 35 heavy (non-hydrogen) atoms. The molecule has 0 saturated heterocycles. The topological polar surface area (TPSA) is 88.5 Å². The molecule has 0 spiro atoms. The molecular weight excluding hydrogens is 442 g/mol. The zero-order valence-electron chi connectivity index (χ0n) is 21.9. The molecule has 1 aliphatic rings. The Hall–Kier alpha value is -3.03. The number of methoxy groups -OCH3 is 1. The maximum atomic E-state index is 13.1. The number of unbranched alkanes of at least 4 members (excludes halogenated alkanes) is 1. The standard InChI is InChI=1S/C27H41N5O3/c1-6-7-17-31(26(34)28-20-11-9-8-10-12-20)19-25(33)29-24-18-23(27(2,3)4)30-32(24)21-13-15-22(35-5)16-14-21/h13-16,18,20H,6-12,17,19H2,1-5H3,(H,28,34)(H,29,33). The Bertz CT molecular complexity index is 972. The summed E-state index contributed by atoms with van der Waals surface area (Å²) in [7, 11) is 1.63. The van der Waals surface area contributed by atoms with Crippen molar-refractivity contribution in [2.75, 3.05) is 25.5 Å². The summed E-state index contributed by atoms with van der Waals surface area (Å²) < 4.78 is 7.00. The van der Waals surface area contributed by atoms with Crippen LogP contribution in [-0.4, -0.2) is 52.9 Å². The van der Waals surface area contributed by atoms with Gasteiger partial charge in [0.15, 0.2) is 0 Å². The lowest BCUT2D eigenvalue weighted by Gasteiger charge is -2.28. The summed E-state index contributed by atoms with van der Waals surface area (Å²) in [6.07, 6.45) is 7.34. The van der Waals surface area contributed by atoms with E-state index in [0.717, 1.165) is 55.7 Å². The van der Waals surface area contributed by atoms with Crippen LogP contribution in [0.5, 0.6) is 5.75 Å². The van der Waals surface area contributed by atoms with Crippen molar-refractivity contribution in [2.45, 2.75) is 84.1 Å². The van der Waals surface area contributed by atoms with Crippen LogP contribution in [0, 0.1) is 0 Å². The molecule has 2 aromatic rings. The van der Waals surface area contributed by atoms with Gasteiger partial charge in [0.1, 0.15) is 18.1 Å². The molecule has 0 unspecified atom stereocenters. The average Bonchev–Trinajstić information content (AvgIpc) is 3.26. The summed E-state index contributed by atoms with van der Waals surface area (Å²) >= 11 is 0. The maximum absolute atomic E-state index is 13.1. The summed E-state index contributed by atoms with van der Waals surface area (Å²) in [6, 6.07) is 9.48. The third-order valence-corrected chi connectivity index (χ3v) is 6.40. The number of rotatable bonds is 9. The van der Waals surface area contributed by atoms with Gasteiger partial charge in [0.05, 0.1) is 18.5 Å². The molecule has 3 amide bonds. The highest BCUT2D eigenvalue weighted by atomic mass is 16.5. The number of hydrogen-bond donors (Lipinski definition) is 2. The second-order valence-corrected chi connectivity index (χ2v) is 10.4. The summed E-state index contributed by atoms with van der Waals surface area (Å²) in [4.78, 5) is 27.8. The fourth-order valence-electron chi connectivity index (χ4n) is 4.23. The molecule has 8 nitrogen and oxygen atoms in total. The van der Waals surface area contributed by atoms with E-state index in [1.165, 1.54) is 6.42 Å². The molecule has 1 aliphatic carbocycles. The first-order valence-electron chi connectivity index (χ1n) is 12.8. The monoisotopic (exact) mass is 483 g/mol. The predicted octanol–water partition coefficient (Wildman–Crippen LogP) is 5.26. The Kier molecular flexibility index (Phi) is 9.18. The maximum Gasteiger partial charge on any atom is 0.318 e. The summed E-state index contributed by atoms with van der Waals surface area (Å²) in [6.45, 7) is 8.88. The third kappa shape index (κ3) is 7.47. The van der Waals surface area contributed by atoms with Crippen molar-refractivity contribution in [3.05, 3.63) is 36.0 Å². The average molecular weight is 484 g/mol. The minimum atomic E-state index is -0.241. The first-order chi connectivity index (χ1) is 16.7. The van der Waals surface area contributed by atoms with E-state index in [0.29, 0.717) is 12.4 Å². The van der Waals surface area contributed by atoms with Gasteiger partial charge < -0.3 is 20.3 Å². The highest BCUT2D eigenvalue weighted by molar-refractivity contribution is 5.94. The van der Waals surface area contributed by atoms with Gasteiger partial charge in [0.2, 0.25) is 5.91 Å². The van der Waals surface area contributed by atoms with E-state index in [9.17, 15) is 9.59 Å². The van der Waals surface area contributed by atoms with Crippen LogP contribution in [0.3, 0.4) is 0 Å². The number of nitrogens with zero attached hydrogens (tertiary/aromatic N) is 3. The van der Waals surface area contributed by atoms with E-state index in [2.05, 4.69) is 38.3 Å². The van der Waals surface area contributed by atoms with Gasteiger partial charge in [-0.25, -0.2) is 9.48 Å². The number of anilines is 1. The first-order valence-corrected chi connectivity index (χ1v) is 12.8.